The molecule has 0 unspecified atom stereocenters. The Bertz CT molecular complexity index is 361. The quantitative estimate of drug-likeness (QED) is 0.741. The van der Waals surface area contributed by atoms with E-state index in [2.05, 4.69) is 29.6 Å². The van der Waals surface area contributed by atoms with Crippen LogP contribution in [-0.4, -0.2) is 33.4 Å². The van der Waals surface area contributed by atoms with Crippen molar-refractivity contribution in [2.45, 2.75) is 37.7 Å². The SMILES string of the molecule is COCCCCCOC1(c2c[c]ccc2)CCNCC1. The van der Waals surface area contributed by atoms with Crippen LogP contribution in [0.1, 0.15) is 37.7 Å². The minimum absolute atomic E-state index is 0.107. The normalized spacial score (nSPS) is 18.1. The highest BCUT2D eigenvalue weighted by Crippen LogP contribution is 2.34. The van der Waals surface area contributed by atoms with Gasteiger partial charge in [-0.05, 0) is 62.9 Å². The van der Waals surface area contributed by atoms with Crippen molar-refractivity contribution in [3.63, 3.8) is 0 Å². The van der Waals surface area contributed by atoms with E-state index in [4.69, 9.17) is 9.47 Å². The predicted molar refractivity (Wildman–Crippen MR) is 80.7 cm³/mol. The summed E-state index contributed by atoms with van der Waals surface area (Å²) in [6, 6.07) is 11.4. The number of methoxy groups -OCH3 is 1. The highest BCUT2D eigenvalue weighted by Gasteiger charge is 2.34. The number of piperidine rings is 1. The first-order chi connectivity index (χ1) is 9.87. The summed E-state index contributed by atoms with van der Waals surface area (Å²) >= 11 is 0. The maximum Gasteiger partial charge on any atom is 0.0955 e. The van der Waals surface area contributed by atoms with Crippen LogP contribution in [0.2, 0.25) is 0 Å². The van der Waals surface area contributed by atoms with Crippen molar-refractivity contribution in [2.75, 3.05) is 33.4 Å². The summed E-state index contributed by atoms with van der Waals surface area (Å²) in [5.74, 6) is 0. The third kappa shape index (κ3) is 4.30. The molecule has 1 aliphatic rings. The maximum absolute atomic E-state index is 6.34. The average Bonchev–Trinajstić information content (AvgIpc) is 2.52. The van der Waals surface area contributed by atoms with Gasteiger partial charge in [0.1, 0.15) is 0 Å². The summed E-state index contributed by atoms with van der Waals surface area (Å²) in [4.78, 5) is 0. The molecule has 1 N–H and O–H groups in total. The second-order valence-corrected chi connectivity index (χ2v) is 5.44. The Kier molecular flexibility index (Phi) is 6.51. The lowest BCUT2D eigenvalue weighted by Gasteiger charge is -2.38. The Morgan fingerprint density at radius 1 is 1.20 bits per heavy atom. The Balaban J connectivity index is 1.88. The molecule has 1 radical (unpaired) electrons. The summed E-state index contributed by atoms with van der Waals surface area (Å²) in [6.07, 6.45) is 5.48. The van der Waals surface area contributed by atoms with E-state index in [-0.39, 0.29) is 5.60 Å². The molecule has 111 valence electrons. The maximum atomic E-state index is 6.34. The van der Waals surface area contributed by atoms with Crippen LogP contribution in [0.4, 0.5) is 0 Å². The average molecular weight is 276 g/mol. The largest absolute Gasteiger partial charge is 0.385 e. The minimum atomic E-state index is -0.107. The van der Waals surface area contributed by atoms with Gasteiger partial charge in [0.15, 0.2) is 0 Å². The summed E-state index contributed by atoms with van der Waals surface area (Å²) in [5, 5.41) is 3.42. The van der Waals surface area contributed by atoms with Crippen molar-refractivity contribution < 1.29 is 9.47 Å². The Morgan fingerprint density at radius 2 is 2.00 bits per heavy atom. The van der Waals surface area contributed by atoms with Crippen LogP contribution in [-0.2, 0) is 15.1 Å². The zero-order valence-electron chi connectivity index (χ0n) is 12.5. The fourth-order valence-corrected chi connectivity index (χ4v) is 2.82. The highest BCUT2D eigenvalue weighted by molar-refractivity contribution is 5.22. The molecular weight excluding hydrogens is 250 g/mol. The third-order valence-corrected chi connectivity index (χ3v) is 4.02. The molecule has 0 bridgehead atoms. The van der Waals surface area contributed by atoms with E-state index in [1.165, 1.54) is 12.0 Å². The zero-order valence-corrected chi connectivity index (χ0v) is 12.5. The van der Waals surface area contributed by atoms with Gasteiger partial charge in [-0.2, -0.15) is 0 Å². The van der Waals surface area contributed by atoms with E-state index in [0.717, 1.165) is 52.0 Å². The lowest BCUT2D eigenvalue weighted by molar-refractivity contribution is -0.0728. The van der Waals surface area contributed by atoms with Crippen LogP contribution in [0, 0.1) is 6.07 Å². The molecule has 3 nitrogen and oxygen atoms in total. The summed E-state index contributed by atoms with van der Waals surface area (Å²) in [7, 11) is 1.76. The summed E-state index contributed by atoms with van der Waals surface area (Å²) in [6.45, 7) is 3.73. The molecule has 1 aliphatic heterocycles. The monoisotopic (exact) mass is 276 g/mol. The standard InChI is InChI=1S/C17H26NO2/c1-19-14-6-3-7-15-20-17(10-12-18-13-11-17)16-8-4-2-5-9-16/h2,4,8-9,18H,3,6-7,10-15H2,1H3. The molecule has 1 aromatic carbocycles. The van der Waals surface area contributed by atoms with E-state index in [1.54, 1.807) is 7.11 Å². The number of unbranched alkanes of at least 4 members (excludes halogenated alkanes) is 2. The van der Waals surface area contributed by atoms with Crippen LogP contribution in [0.3, 0.4) is 0 Å². The van der Waals surface area contributed by atoms with Gasteiger partial charge in [0.2, 0.25) is 0 Å². The molecule has 2 rings (SSSR count). The first-order valence-electron chi connectivity index (χ1n) is 7.68. The van der Waals surface area contributed by atoms with Gasteiger partial charge < -0.3 is 14.8 Å². The van der Waals surface area contributed by atoms with Gasteiger partial charge in [0, 0.05) is 20.3 Å². The van der Waals surface area contributed by atoms with Crippen LogP contribution in [0.15, 0.2) is 24.3 Å². The van der Waals surface area contributed by atoms with Crippen molar-refractivity contribution in [2.24, 2.45) is 0 Å². The van der Waals surface area contributed by atoms with E-state index >= 15 is 0 Å². The van der Waals surface area contributed by atoms with Gasteiger partial charge in [-0.25, -0.2) is 0 Å². The molecule has 0 atom stereocenters. The second kappa shape index (κ2) is 8.40. The van der Waals surface area contributed by atoms with E-state index in [9.17, 15) is 0 Å². The lowest BCUT2D eigenvalue weighted by Crippen LogP contribution is -2.42. The van der Waals surface area contributed by atoms with Crippen LogP contribution in [0.5, 0.6) is 0 Å². The first-order valence-corrected chi connectivity index (χ1v) is 7.68. The molecule has 0 aromatic heterocycles. The van der Waals surface area contributed by atoms with Gasteiger partial charge >= 0.3 is 0 Å². The molecule has 0 saturated carbocycles. The van der Waals surface area contributed by atoms with Crippen LogP contribution in [0.25, 0.3) is 0 Å². The van der Waals surface area contributed by atoms with Crippen molar-refractivity contribution in [3.8, 4) is 0 Å². The summed E-state index contributed by atoms with van der Waals surface area (Å²) in [5.41, 5.74) is 1.17. The van der Waals surface area contributed by atoms with Crippen LogP contribution >= 0.6 is 0 Å². The van der Waals surface area contributed by atoms with Crippen LogP contribution < -0.4 is 5.32 Å². The fraction of sp³-hybridized carbons (Fsp3) is 0.647. The molecule has 20 heavy (non-hydrogen) atoms. The molecule has 0 aliphatic carbocycles. The second-order valence-electron chi connectivity index (χ2n) is 5.44. The number of hydrogen-bond donors (Lipinski definition) is 1. The van der Waals surface area contributed by atoms with Crippen molar-refractivity contribution >= 4 is 0 Å². The lowest BCUT2D eigenvalue weighted by atomic mass is 9.85. The van der Waals surface area contributed by atoms with E-state index in [1.807, 2.05) is 6.07 Å². The molecule has 1 saturated heterocycles. The van der Waals surface area contributed by atoms with Gasteiger partial charge in [-0.15, -0.1) is 0 Å². The first kappa shape index (κ1) is 15.5. The number of nitrogens with one attached hydrogen (secondary N) is 1. The molecule has 3 heteroatoms. The molecule has 0 amide bonds. The Morgan fingerprint density at radius 3 is 2.70 bits per heavy atom. The third-order valence-electron chi connectivity index (χ3n) is 4.02. The minimum Gasteiger partial charge on any atom is -0.385 e. The highest BCUT2D eigenvalue weighted by atomic mass is 16.5. The molecular formula is C17H26NO2. The van der Waals surface area contributed by atoms with Gasteiger partial charge in [-0.3, -0.25) is 0 Å². The molecule has 1 heterocycles. The van der Waals surface area contributed by atoms with Gasteiger partial charge in [-0.1, -0.05) is 18.2 Å². The van der Waals surface area contributed by atoms with Crippen molar-refractivity contribution in [1.82, 2.24) is 5.32 Å². The van der Waals surface area contributed by atoms with Crippen molar-refractivity contribution in [1.29, 1.82) is 0 Å². The van der Waals surface area contributed by atoms with Gasteiger partial charge in [0.25, 0.3) is 0 Å². The molecule has 0 spiro atoms. The predicted octanol–water partition coefficient (Wildman–Crippen LogP) is 2.90. The van der Waals surface area contributed by atoms with Crippen molar-refractivity contribution in [3.05, 3.63) is 35.9 Å². The number of benzene rings is 1. The van der Waals surface area contributed by atoms with Gasteiger partial charge in [0.05, 0.1) is 5.60 Å². The smallest absolute Gasteiger partial charge is 0.0955 e. The Labute approximate surface area is 122 Å². The number of rotatable bonds is 8. The topological polar surface area (TPSA) is 30.5 Å². The number of hydrogen-bond acceptors (Lipinski definition) is 3. The zero-order chi connectivity index (χ0) is 14.1. The van der Waals surface area contributed by atoms with E-state index < -0.39 is 0 Å². The Hall–Kier alpha value is -0.900. The molecule has 1 aromatic rings. The fourth-order valence-electron chi connectivity index (χ4n) is 2.82. The summed E-state index contributed by atoms with van der Waals surface area (Å²) < 4.78 is 11.4. The number of ether oxygens (including phenoxy) is 2. The van der Waals surface area contributed by atoms with E-state index in [0.29, 0.717) is 0 Å². The molecule has 1 fully saturated rings.